The minimum absolute atomic E-state index is 0.0928. The average Bonchev–Trinajstić information content (AvgIpc) is 2.88. The molecule has 3 aromatic carbocycles. The van der Waals surface area contributed by atoms with Crippen molar-refractivity contribution < 1.29 is 13.6 Å². The average molecular weight is 534 g/mol. The number of carbonyl (C=O) groups is 1. The predicted octanol–water partition coefficient (Wildman–Crippen LogP) is 4.75. The number of benzene rings is 3. The third-order valence-corrected chi connectivity index (χ3v) is 5.76. The number of nitrogens with two attached hydrogens (primary N) is 3. The highest BCUT2D eigenvalue weighted by Crippen LogP contribution is 2.36. The van der Waals surface area contributed by atoms with Gasteiger partial charge in [0.05, 0.1) is 11.3 Å². The molecule has 11 heteroatoms. The van der Waals surface area contributed by atoms with Gasteiger partial charge >= 0.3 is 0 Å². The molecule has 0 atom stereocenters. The van der Waals surface area contributed by atoms with Gasteiger partial charge in [0.25, 0.3) is 5.91 Å². The molecular formula is C27H22ClF2N7O. The minimum atomic E-state index is -0.758. The number of aromatic nitrogens is 2. The fourth-order valence-corrected chi connectivity index (χ4v) is 3.92. The van der Waals surface area contributed by atoms with E-state index in [1.165, 1.54) is 18.2 Å². The van der Waals surface area contributed by atoms with E-state index in [0.29, 0.717) is 33.1 Å². The van der Waals surface area contributed by atoms with Gasteiger partial charge in [-0.1, -0.05) is 30.3 Å². The summed E-state index contributed by atoms with van der Waals surface area (Å²) in [5.41, 5.74) is 19.0. The number of hydrogen-bond acceptors (Lipinski definition) is 5. The molecule has 0 spiro atoms. The second-order valence-electron chi connectivity index (χ2n) is 8.08. The quantitative estimate of drug-likeness (QED) is 0.198. The summed E-state index contributed by atoms with van der Waals surface area (Å²) in [6.07, 6.45) is 1.55. The number of guanidine groups is 1. The lowest BCUT2D eigenvalue weighted by Gasteiger charge is -2.17. The van der Waals surface area contributed by atoms with Gasteiger partial charge < -0.3 is 22.5 Å². The van der Waals surface area contributed by atoms with E-state index >= 15 is 0 Å². The lowest BCUT2D eigenvalue weighted by Crippen LogP contribution is -2.24. The zero-order chi connectivity index (χ0) is 27.4. The van der Waals surface area contributed by atoms with Crippen molar-refractivity contribution in [2.24, 2.45) is 22.2 Å². The molecule has 0 aliphatic heterocycles. The highest BCUT2D eigenvalue weighted by Gasteiger charge is 2.20. The van der Waals surface area contributed by atoms with Crippen LogP contribution in [0.5, 0.6) is 0 Å². The third-order valence-electron chi connectivity index (χ3n) is 5.53. The zero-order valence-corrected chi connectivity index (χ0v) is 20.6. The van der Waals surface area contributed by atoms with Crippen molar-refractivity contribution >= 4 is 40.7 Å². The molecule has 4 aromatic rings. The molecule has 0 saturated carbocycles. The van der Waals surface area contributed by atoms with E-state index in [1.54, 1.807) is 36.5 Å². The first kappa shape index (κ1) is 26.4. The molecule has 7 N–H and O–H groups in total. The Bertz CT molecular complexity index is 1550. The first-order valence-electron chi connectivity index (χ1n) is 11.2. The van der Waals surface area contributed by atoms with E-state index in [2.05, 4.69) is 26.9 Å². The summed E-state index contributed by atoms with van der Waals surface area (Å²) in [5, 5.41) is 3.40. The van der Waals surface area contributed by atoms with E-state index < -0.39 is 17.5 Å². The lowest BCUT2D eigenvalue weighted by atomic mass is 9.92. The van der Waals surface area contributed by atoms with Crippen molar-refractivity contribution in [3.63, 3.8) is 0 Å². The van der Waals surface area contributed by atoms with Crippen LogP contribution in [-0.2, 0) is 6.54 Å². The number of anilines is 2. The van der Waals surface area contributed by atoms with Crippen LogP contribution in [0.4, 0.5) is 20.4 Å². The maximum absolute atomic E-state index is 14.6. The molecule has 0 aliphatic carbocycles. The Morgan fingerprint density at radius 1 is 1.05 bits per heavy atom. The number of nitrogens with one attached hydrogen (secondary N) is 1. The Morgan fingerprint density at radius 3 is 2.37 bits per heavy atom. The van der Waals surface area contributed by atoms with Crippen molar-refractivity contribution in [3.05, 3.63) is 112 Å². The Hall–Kier alpha value is -4.67. The van der Waals surface area contributed by atoms with Crippen LogP contribution in [-0.4, -0.2) is 21.8 Å². The molecule has 1 amide bonds. The first-order chi connectivity index (χ1) is 18.2. The summed E-state index contributed by atoms with van der Waals surface area (Å²) in [6.45, 7) is 4.05. The Balaban J connectivity index is 1.73. The summed E-state index contributed by atoms with van der Waals surface area (Å²) < 4.78 is 29.2. The summed E-state index contributed by atoms with van der Waals surface area (Å²) >= 11 is 6.25. The predicted molar refractivity (Wildman–Crippen MR) is 145 cm³/mol. The van der Waals surface area contributed by atoms with Crippen LogP contribution in [0, 0.1) is 11.6 Å². The number of carbonyl (C=O) groups excluding carboxylic acids is 1. The van der Waals surface area contributed by atoms with Gasteiger partial charge in [-0.2, -0.15) is 4.99 Å². The fraction of sp³-hybridized carbons (Fsp3) is 0.0370. The molecule has 0 fully saturated rings. The van der Waals surface area contributed by atoms with Crippen molar-refractivity contribution in [1.82, 2.24) is 9.97 Å². The van der Waals surface area contributed by atoms with E-state index in [4.69, 9.17) is 28.8 Å². The highest BCUT2D eigenvalue weighted by atomic mass is 35.5. The molecule has 0 aliphatic rings. The van der Waals surface area contributed by atoms with Crippen LogP contribution in [0.25, 0.3) is 16.8 Å². The van der Waals surface area contributed by atoms with Crippen LogP contribution in [0.3, 0.4) is 0 Å². The zero-order valence-electron chi connectivity index (χ0n) is 19.9. The van der Waals surface area contributed by atoms with Gasteiger partial charge in [-0.3, -0.25) is 4.79 Å². The maximum Gasteiger partial charge on any atom is 0.280 e. The standard InChI is InChI=1S/C27H22ClF2N7O/c1-14(23-21(29)3-2-4-22(23)30)20-11-17(28)7-10-19(20)24-16(12-31)13-34-27(36-24)35-18-8-5-15(6-9-18)25(38)37-26(32)33/h2-11,13H,1,12,31H2,(H,34,35,36)(H4,32,33,37,38). The van der Waals surface area contributed by atoms with Gasteiger partial charge in [-0.25, -0.2) is 18.7 Å². The summed E-state index contributed by atoms with van der Waals surface area (Å²) in [6, 6.07) is 14.8. The summed E-state index contributed by atoms with van der Waals surface area (Å²) in [4.78, 5) is 24.4. The molecule has 0 saturated heterocycles. The Kier molecular flexibility index (Phi) is 7.75. The van der Waals surface area contributed by atoms with Crippen molar-refractivity contribution in [1.29, 1.82) is 0 Å². The Morgan fingerprint density at radius 2 is 1.74 bits per heavy atom. The number of rotatable bonds is 7. The Labute approximate surface area is 221 Å². The minimum Gasteiger partial charge on any atom is -0.370 e. The number of hydrogen-bond donors (Lipinski definition) is 4. The molecule has 1 aromatic heterocycles. The first-order valence-corrected chi connectivity index (χ1v) is 11.6. The van der Waals surface area contributed by atoms with Crippen LogP contribution >= 0.6 is 11.6 Å². The molecule has 4 rings (SSSR count). The molecule has 192 valence electrons. The van der Waals surface area contributed by atoms with E-state index in [-0.39, 0.29) is 35.2 Å². The lowest BCUT2D eigenvalue weighted by molar-refractivity contribution is 0.100. The fourth-order valence-electron chi connectivity index (χ4n) is 3.75. The molecule has 8 nitrogen and oxygen atoms in total. The van der Waals surface area contributed by atoms with Gasteiger partial charge in [-0.05, 0) is 59.7 Å². The second kappa shape index (κ2) is 11.2. The molecular weight excluding hydrogens is 512 g/mol. The molecule has 38 heavy (non-hydrogen) atoms. The maximum atomic E-state index is 14.6. The van der Waals surface area contributed by atoms with Crippen molar-refractivity contribution in [3.8, 4) is 11.3 Å². The van der Waals surface area contributed by atoms with Gasteiger partial charge in [0.1, 0.15) is 11.6 Å². The number of aliphatic imine (C=N–C) groups is 1. The van der Waals surface area contributed by atoms with E-state index in [1.807, 2.05) is 0 Å². The van der Waals surface area contributed by atoms with Crippen LogP contribution in [0.1, 0.15) is 27.0 Å². The largest absolute Gasteiger partial charge is 0.370 e. The van der Waals surface area contributed by atoms with E-state index in [0.717, 1.165) is 12.1 Å². The SMILES string of the molecule is C=C(c1cc(Cl)ccc1-c1nc(Nc2ccc(C(=O)N=C(N)N)cc2)ncc1CN)c1c(F)cccc1F. The molecule has 0 bridgehead atoms. The molecule has 1 heterocycles. The molecule has 0 unspecified atom stereocenters. The monoisotopic (exact) mass is 533 g/mol. The number of amides is 1. The summed E-state index contributed by atoms with van der Waals surface area (Å²) in [5.74, 6) is -2.22. The van der Waals surface area contributed by atoms with Crippen molar-refractivity contribution in [2.75, 3.05) is 5.32 Å². The smallest absolute Gasteiger partial charge is 0.280 e. The van der Waals surface area contributed by atoms with Crippen LogP contribution in [0.2, 0.25) is 5.02 Å². The van der Waals surface area contributed by atoms with Gasteiger partial charge in [0.2, 0.25) is 5.95 Å². The van der Waals surface area contributed by atoms with Crippen LogP contribution < -0.4 is 22.5 Å². The van der Waals surface area contributed by atoms with Gasteiger partial charge in [0.15, 0.2) is 5.96 Å². The highest BCUT2D eigenvalue weighted by molar-refractivity contribution is 6.31. The second-order valence-corrected chi connectivity index (χ2v) is 8.52. The topological polar surface area (TPSA) is 145 Å². The third kappa shape index (κ3) is 5.66. The van der Waals surface area contributed by atoms with Gasteiger partial charge in [-0.15, -0.1) is 0 Å². The molecule has 0 radical (unpaired) electrons. The van der Waals surface area contributed by atoms with Crippen molar-refractivity contribution in [2.45, 2.75) is 6.54 Å². The number of nitrogens with zero attached hydrogens (tertiary/aromatic N) is 3. The normalized spacial score (nSPS) is 10.6. The van der Waals surface area contributed by atoms with Gasteiger partial charge in [0, 0.05) is 40.1 Å². The van der Waals surface area contributed by atoms with E-state index in [9.17, 15) is 13.6 Å². The van der Waals surface area contributed by atoms with Crippen LogP contribution in [0.15, 0.2) is 78.4 Å². The summed E-state index contributed by atoms with van der Waals surface area (Å²) in [7, 11) is 0. The number of halogens is 3.